The molecule has 1 aromatic heterocycles. The standard InChI is InChI=1S/C68H42BN5/c1-71-50-37-39-59-63(41-50)74(68-54(48-24-10-4-11-25-48)32-19-33-55(68)49-26-12-5-13-27-49)65-43-51(72-60-34-16-14-28-56(60)57-29-15-17-35-61(57)72)42-64-66(65)69(59)58-38-36-45(44-70)40-62(58)73(64)67-52(46-20-6-2-7-21-46)30-18-31-53(67)47-22-8-3-9-23-47/h2-43H. The number of hydrogen-bond acceptors (Lipinski definition) is 3. The highest BCUT2D eigenvalue weighted by Gasteiger charge is 2.45. The van der Waals surface area contributed by atoms with Crippen LogP contribution in [0.5, 0.6) is 0 Å². The summed E-state index contributed by atoms with van der Waals surface area (Å²) in [6, 6.07) is 93.0. The second-order valence-electron chi connectivity index (χ2n) is 19.0. The van der Waals surface area contributed by atoms with E-state index in [4.69, 9.17) is 6.57 Å². The van der Waals surface area contributed by atoms with Crippen LogP contribution in [-0.2, 0) is 0 Å². The van der Waals surface area contributed by atoms with Crippen molar-refractivity contribution in [2.75, 3.05) is 9.80 Å². The molecule has 0 bridgehead atoms. The molecule has 0 saturated heterocycles. The van der Waals surface area contributed by atoms with Gasteiger partial charge in [0.25, 0.3) is 6.71 Å². The van der Waals surface area contributed by atoms with Crippen molar-refractivity contribution < 1.29 is 0 Å². The monoisotopic (exact) mass is 939 g/mol. The Morgan fingerprint density at radius 3 is 1.23 bits per heavy atom. The number of aromatic nitrogens is 1. The molecule has 0 saturated carbocycles. The lowest BCUT2D eigenvalue weighted by molar-refractivity contribution is 1.16. The summed E-state index contributed by atoms with van der Waals surface area (Å²) >= 11 is 0. The lowest BCUT2D eigenvalue weighted by Gasteiger charge is -2.46. The summed E-state index contributed by atoms with van der Waals surface area (Å²) in [5.41, 5.74) is 22.0. The normalized spacial score (nSPS) is 12.2. The minimum Gasteiger partial charge on any atom is -0.311 e. The Morgan fingerprint density at radius 2 is 0.797 bits per heavy atom. The van der Waals surface area contributed by atoms with Crippen molar-refractivity contribution in [2.45, 2.75) is 0 Å². The number of benzene rings is 11. The maximum atomic E-state index is 10.8. The van der Waals surface area contributed by atoms with Gasteiger partial charge in [-0.25, -0.2) is 4.85 Å². The maximum Gasteiger partial charge on any atom is 0.251 e. The number of nitriles is 1. The summed E-state index contributed by atoms with van der Waals surface area (Å²) in [6.45, 7) is 8.20. The van der Waals surface area contributed by atoms with Crippen molar-refractivity contribution in [1.29, 1.82) is 5.26 Å². The molecule has 14 rings (SSSR count). The fourth-order valence-corrected chi connectivity index (χ4v) is 11.9. The van der Waals surface area contributed by atoms with Gasteiger partial charge in [0.1, 0.15) is 0 Å². The van der Waals surface area contributed by atoms with Crippen LogP contribution in [0.3, 0.4) is 0 Å². The molecular formula is C68H42BN5. The van der Waals surface area contributed by atoms with Crippen LogP contribution in [0.15, 0.2) is 255 Å². The van der Waals surface area contributed by atoms with Crippen molar-refractivity contribution >= 4 is 84.7 Å². The highest BCUT2D eigenvalue weighted by molar-refractivity contribution is 7.00. The Kier molecular flexibility index (Phi) is 10.00. The molecule has 0 spiro atoms. The SMILES string of the molecule is [C-]#[N+]c1ccc2c(c1)N(c1c(-c3ccccc3)cccc1-c1ccccc1)c1cc(-n3c4ccccc4c4ccccc43)cc3c1B2c1ccc(C#N)cc1N3c1c(-c2ccccc2)cccc1-c1ccccc1. The lowest BCUT2D eigenvalue weighted by atomic mass is 9.33. The van der Waals surface area contributed by atoms with E-state index in [0.717, 1.165) is 112 Å². The van der Waals surface area contributed by atoms with Gasteiger partial charge in [0.15, 0.2) is 5.69 Å². The van der Waals surface area contributed by atoms with E-state index in [2.05, 4.69) is 268 Å². The quantitative estimate of drug-likeness (QED) is 0.118. The average molecular weight is 940 g/mol. The maximum absolute atomic E-state index is 10.8. The molecule has 11 aromatic carbocycles. The molecule has 74 heavy (non-hydrogen) atoms. The van der Waals surface area contributed by atoms with Crippen LogP contribution in [0.2, 0.25) is 0 Å². The van der Waals surface area contributed by atoms with Gasteiger partial charge < -0.3 is 14.4 Å². The third-order valence-electron chi connectivity index (χ3n) is 15.0. The Balaban J connectivity index is 1.20. The second kappa shape index (κ2) is 17.3. The molecule has 0 amide bonds. The first-order valence-corrected chi connectivity index (χ1v) is 25.0. The van der Waals surface area contributed by atoms with E-state index in [-0.39, 0.29) is 6.71 Å². The predicted octanol–water partition coefficient (Wildman–Crippen LogP) is 16.0. The lowest BCUT2D eigenvalue weighted by Crippen LogP contribution is -2.61. The molecular weight excluding hydrogens is 898 g/mol. The molecule has 6 heteroatoms. The summed E-state index contributed by atoms with van der Waals surface area (Å²) in [7, 11) is 0. The molecule has 0 atom stereocenters. The smallest absolute Gasteiger partial charge is 0.251 e. The van der Waals surface area contributed by atoms with Gasteiger partial charge in [-0.15, -0.1) is 0 Å². The molecule has 342 valence electrons. The molecule has 0 radical (unpaired) electrons. The van der Waals surface area contributed by atoms with Gasteiger partial charge >= 0.3 is 0 Å². The Morgan fingerprint density at radius 1 is 0.392 bits per heavy atom. The summed E-state index contributed by atoms with van der Waals surface area (Å²) in [6.07, 6.45) is 0. The summed E-state index contributed by atoms with van der Waals surface area (Å²) < 4.78 is 2.42. The molecule has 0 fully saturated rings. The van der Waals surface area contributed by atoms with E-state index >= 15 is 0 Å². The first-order valence-electron chi connectivity index (χ1n) is 25.0. The van der Waals surface area contributed by atoms with Gasteiger partial charge in [-0.3, -0.25) is 0 Å². The first kappa shape index (κ1) is 42.7. The number of nitrogens with zero attached hydrogens (tertiary/aromatic N) is 5. The van der Waals surface area contributed by atoms with Crippen molar-refractivity contribution in [2.24, 2.45) is 0 Å². The molecule has 3 heterocycles. The van der Waals surface area contributed by atoms with E-state index in [9.17, 15) is 5.26 Å². The number of anilines is 6. The highest BCUT2D eigenvalue weighted by Crippen LogP contribution is 2.53. The molecule has 0 aliphatic carbocycles. The zero-order valence-corrected chi connectivity index (χ0v) is 40.1. The minimum atomic E-state index is -0.287. The minimum absolute atomic E-state index is 0.287. The first-order chi connectivity index (χ1) is 36.7. The second-order valence-corrected chi connectivity index (χ2v) is 19.0. The third kappa shape index (κ3) is 6.63. The van der Waals surface area contributed by atoms with E-state index in [1.807, 2.05) is 12.1 Å². The van der Waals surface area contributed by atoms with Crippen molar-refractivity contribution in [1.82, 2.24) is 4.57 Å². The van der Waals surface area contributed by atoms with Crippen molar-refractivity contribution in [3.8, 4) is 56.3 Å². The number of fused-ring (bicyclic) bond motifs is 7. The topological polar surface area (TPSA) is 39.6 Å². The average Bonchev–Trinajstić information content (AvgIpc) is 3.81. The number of rotatable bonds is 7. The zero-order valence-electron chi connectivity index (χ0n) is 40.1. The molecule has 0 N–H and O–H groups in total. The fraction of sp³-hybridized carbons (Fsp3) is 0. The highest BCUT2D eigenvalue weighted by atomic mass is 15.2. The van der Waals surface area contributed by atoms with E-state index < -0.39 is 0 Å². The summed E-state index contributed by atoms with van der Waals surface area (Å²) in [5.74, 6) is 0. The molecule has 5 nitrogen and oxygen atoms in total. The molecule has 12 aromatic rings. The van der Waals surface area contributed by atoms with Crippen LogP contribution in [0.1, 0.15) is 5.56 Å². The van der Waals surface area contributed by atoms with Gasteiger partial charge in [-0.05, 0) is 81.1 Å². The predicted molar refractivity (Wildman–Crippen MR) is 308 cm³/mol. The van der Waals surface area contributed by atoms with Gasteiger partial charge in [0, 0.05) is 55.8 Å². The van der Waals surface area contributed by atoms with Gasteiger partial charge in [0.2, 0.25) is 0 Å². The van der Waals surface area contributed by atoms with Crippen LogP contribution >= 0.6 is 0 Å². The van der Waals surface area contributed by atoms with Crippen molar-refractivity contribution in [3.05, 3.63) is 272 Å². The van der Waals surface area contributed by atoms with E-state index in [1.165, 1.54) is 10.8 Å². The number of para-hydroxylation sites is 4. The zero-order chi connectivity index (χ0) is 49.3. The summed E-state index contributed by atoms with van der Waals surface area (Å²) in [5, 5.41) is 13.1. The fourth-order valence-electron chi connectivity index (χ4n) is 11.9. The molecule has 2 aliphatic rings. The Hall–Kier alpha value is -10.1. The van der Waals surface area contributed by atoms with Crippen LogP contribution in [0.4, 0.5) is 39.8 Å². The van der Waals surface area contributed by atoms with E-state index in [0.29, 0.717) is 11.3 Å². The van der Waals surface area contributed by atoms with Crippen molar-refractivity contribution in [3.63, 3.8) is 0 Å². The van der Waals surface area contributed by atoms with Crippen LogP contribution < -0.4 is 26.2 Å². The van der Waals surface area contributed by atoms with Gasteiger partial charge in [-0.2, -0.15) is 5.26 Å². The Labute approximate surface area is 430 Å². The van der Waals surface area contributed by atoms with Gasteiger partial charge in [0.05, 0.1) is 46.3 Å². The van der Waals surface area contributed by atoms with Gasteiger partial charge in [-0.1, -0.05) is 212 Å². The van der Waals surface area contributed by atoms with E-state index in [1.54, 1.807) is 0 Å². The Bertz CT molecular complexity index is 3900. The van der Waals surface area contributed by atoms with Crippen LogP contribution in [0, 0.1) is 17.9 Å². The van der Waals surface area contributed by atoms with Crippen LogP contribution in [0.25, 0.3) is 76.8 Å². The molecule has 0 unspecified atom stereocenters. The van der Waals surface area contributed by atoms with Crippen LogP contribution in [-0.4, -0.2) is 11.3 Å². The third-order valence-corrected chi connectivity index (χ3v) is 15.0. The largest absolute Gasteiger partial charge is 0.311 e. The number of hydrogen-bond donors (Lipinski definition) is 0. The summed E-state index contributed by atoms with van der Waals surface area (Å²) in [4.78, 5) is 9.03. The molecule has 2 aliphatic heterocycles.